The van der Waals surface area contributed by atoms with Crippen LogP contribution < -0.4 is 4.90 Å². The largest absolute Gasteiger partial charge is 0.318 e. The van der Waals surface area contributed by atoms with Crippen molar-refractivity contribution in [3.63, 3.8) is 0 Å². The molecule has 3 aromatic carbocycles. The first kappa shape index (κ1) is 19.6. The van der Waals surface area contributed by atoms with Crippen LogP contribution in [0.15, 0.2) is 72.8 Å². The van der Waals surface area contributed by atoms with Gasteiger partial charge in [0.1, 0.15) is 12.4 Å². The van der Waals surface area contributed by atoms with Crippen molar-refractivity contribution in [1.29, 1.82) is 0 Å². The standard InChI is InChI=1S/C25H24FN5/c1-18-6-10-21(11-7-18)24(30-15-14-20-4-2-3-5-22(20)17-30)25-27-28-29-31(25)16-19-8-12-23(26)13-9-19/h2-13,24H,14-17H2,1H3/p+1/t24-/m0/s1. The number of halogens is 1. The molecule has 2 heterocycles. The SMILES string of the molecule is Cc1ccc([C@@H](c2nnnn2Cc2ccc(F)cc2)[NH+]2CCc3ccccc3C2)cc1. The van der Waals surface area contributed by atoms with Gasteiger partial charge in [-0.2, -0.15) is 0 Å². The van der Waals surface area contributed by atoms with Crippen molar-refractivity contribution in [2.75, 3.05) is 6.54 Å². The zero-order valence-electron chi connectivity index (χ0n) is 17.5. The van der Waals surface area contributed by atoms with E-state index in [0.717, 1.165) is 30.9 Å². The van der Waals surface area contributed by atoms with E-state index in [9.17, 15) is 4.39 Å². The van der Waals surface area contributed by atoms with Crippen LogP contribution in [0, 0.1) is 12.7 Å². The quantitative estimate of drug-likeness (QED) is 0.546. The molecular weight excluding hydrogens is 389 g/mol. The monoisotopic (exact) mass is 414 g/mol. The molecule has 0 radical (unpaired) electrons. The molecule has 5 rings (SSSR count). The number of benzene rings is 3. The van der Waals surface area contributed by atoms with Crippen LogP contribution in [0.5, 0.6) is 0 Å². The van der Waals surface area contributed by atoms with E-state index in [0.29, 0.717) is 6.54 Å². The molecule has 0 bridgehead atoms. The fraction of sp³-hybridized carbons (Fsp3) is 0.240. The average molecular weight is 415 g/mol. The highest BCUT2D eigenvalue weighted by atomic mass is 19.1. The van der Waals surface area contributed by atoms with Gasteiger partial charge in [0.15, 0.2) is 6.04 Å². The summed E-state index contributed by atoms with van der Waals surface area (Å²) in [6.45, 7) is 4.55. The molecular formula is C25H25FN5+. The van der Waals surface area contributed by atoms with E-state index in [2.05, 4.69) is 71.0 Å². The van der Waals surface area contributed by atoms with Crippen molar-refractivity contribution in [3.8, 4) is 0 Å². The molecule has 1 aromatic heterocycles. The van der Waals surface area contributed by atoms with E-state index in [1.807, 2.05) is 4.68 Å². The van der Waals surface area contributed by atoms with Gasteiger partial charge in [0.25, 0.3) is 0 Å². The maximum Gasteiger partial charge on any atom is 0.214 e. The lowest BCUT2D eigenvalue weighted by Gasteiger charge is -2.32. The summed E-state index contributed by atoms with van der Waals surface area (Å²) < 4.78 is 15.2. The maximum atomic E-state index is 13.3. The van der Waals surface area contributed by atoms with Crippen molar-refractivity contribution in [1.82, 2.24) is 20.2 Å². The minimum absolute atomic E-state index is 0.0180. The van der Waals surface area contributed by atoms with Gasteiger partial charge in [-0.25, -0.2) is 9.07 Å². The van der Waals surface area contributed by atoms with Gasteiger partial charge in [-0.3, -0.25) is 0 Å². The van der Waals surface area contributed by atoms with Gasteiger partial charge in [0, 0.05) is 17.5 Å². The summed E-state index contributed by atoms with van der Waals surface area (Å²) in [7, 11) is 0. The topological polar surface area (TPSA) is 48.0 Å². The maximum absolute atomic E-state index is 13.3. The number of quaternary nitrogens is 1. The lowest BCUT2D eigenvalue weighted by Crippen LogP contribution is -3.12. The second-order valence-electron chi connectivity index (χ2n) is 8.27. The Hall–Kier alpha value is -3.38. The molecule has 0 amide bonds. The Bertz CT molecular complexity index is 1170. The summed E-state index contributed by atoms with van der Waals surface area (Å²) in [6.07, 6.45) is 1.04. The first-order valence-corrected chi connectivity index (χ1v) is 10.7. The Morgan fingerprint density at radius 3 is 2.48 bits per heavy atom. The predicted octanol–water partition coefficient (Wildman–Crippen LogP) is 2.90. The molecule has 0 aliphatic carbocycles. The Kier molecular flexibility index (Phi) is 5.30. The van der Waals surface area contributed by atoms with E-state index in [1.165, 1.54) is 39.3 Å². The number of hydrogen-bond donors (Lipinski definition) is 1. The highest BCUT2D eigenvalue weighted by Crippen LogP contribution is 2.21. The predicted molar refractivity (Wildman–Crippen MR) is 116 cm³/mol. The number of rotatable bonds is 5. The number of tetrazole rings is 1. The van der Waals surface area contributed by atoms with Crippen LogP contribution in [0.1, 0.15) is 39.7 Å². The van der Waals surface area contributed by atoms with Crippen LogP contribution in [0.4, 0.5) is 4.39 Å². The van der Waals surface area contributed by atoms with Gasteiger partial charge in [-0.15, -0.1) is 5.10 Å². The van der Waals surface area contributed by atoms with Crippen molar-refractivity contribution in [2.24, 2.45) is 0 Å². The lowest BCUT2D eigenvalue weighted by atomic mass is 9.95. The van der Waals surface area contributed by atoms with Crippen molar-refractivity contribution in [3.05, 3.63) is 112 Å². The summed E-state index contributed by atoms with van der Waals surface area (Å²) in [5, 5.41) is 12.8. The Morgan fingerprint density at radius 1 is 0.968 bits per heavy atom. The zero-order chi connectivity index (χ0) is 21.2. The minimum Gasteiger partial charge on any atom is -0.318 e. The molecule has 1 unspecified atom stereocenters. The molecule has 1 aliphatic rings. The van der Waals surface area contributed by atoms with Crippen molar-refractivity contribution < 1.29 is 9.29 Å². The van der Waals surface area contributed by atoms with E-state index < -0.39 is 0 Å². The molecule has 1 N–H and O–H groups in total. The summed E-state index contributed by atoms with van der Waals surface area (Å²) in [4.78, 5) is 1.43. The zero-order valence-corrected chi connectivity index (χ0v) is 17.5. The highest BCUT2D eigenvalue weighted by molar-refractivity contribution is 5.29. The number of fused-ring (bicyclic) bond motifs is 1. The number of nitrogens with one attached hydrogen (secondary N) is 1. The van der Waals surface area contributed by atoms with Gasteiger partial charge < -0.3 is 4.90 Å². The van der Waals surface area contributed by atoms with Crippen LogP contribution in [-0.2, 0) is 19.5 Å². The third-order valence-corrected chi connectivity index (χ3v) is 6.13. The molecule has 2 atom stereocenters. The number of aryl methyl sites for hydroxylation is 1. The summed E-state index contributed by atoms with van der Waals surface area (Å²) >= 11 is 0. The Balaban J connectivity index is 1.52. The van der Waals surface area contributed by atoms with Gasteiger partial charge in [0.05, 0.1) is 13.1 Å². The van der Waals surface area contributed by atoms with Gasteiger partial charge in [0.2, 0.25) is 5.82 Å². The van der Waals surface area contributed by atoms with E-state index >= 15 is 0 Å². The van der Waals surface area contributed by atoms with Gasteiger partial charge in [-0.05, 0) is 40.6 Å². The third kappa shape index (κ3) is 4.11. The number of hydrogen-bond acceptors (Lipinski definition) is 3. The van der Waals surface area contributed by atoms with Crippen molar-refractivity contribution in [2.45, 2.75) is 32.5 Å². The molecule has 1 aliphatic heterocycles. The molecule has 0 spiro atoms. The molecule has 31 heavy (non-hydrogen) atoms. The molecule has 6 heteroatoms. The first-order valence-electron chi connectivity index (χ1n) is 10.7. The third-order valence-electron chi connectivity index (χ3n) is 6.13. The Morgan fingerprint density at radius 2 is 1.71 bits per heavy atom. The first-order chi connectivity index (χ1) is 15.2. The van der Waals surface area contributed by atoms with Crippen molar-refractivity contribution >= 4 is 0 Å². The van der Waals surface area contributed by atoms with Crippen LogP contribution >= 0.6 is 0 Å². The minimum atomic E-state index is -0.241. The number of nitrogens with zero attached hydrogens (tertiary/aromatic N) is 4. The van der Waals surface area contributed by atoms with Gasteiger partial charge in [-0.1, -0.05) is 66.2 Å². The summed E-state index contributed by atoms with van der Waals surface area (Å²) in [5.74, 6) is 0.595. The van der Waals surface area contributed by atoms with Crippen LogP contribution in [0.25, 0.3) is 0 Å². The second kappa shape index (κ2) is 8.40. The van der Waals surface area contributed by atoms with E-state index in [-0.39, 0.29) is 11.9 Å². The van der Waals surface area contributed by atoms with E-state index in [1.54, 1.807) is 12.1 Å². The fourth-order valence-corrected chi connectivity index (χ4v) is 4.47. The molecule has 4 aromatic rings. The normalized spacial score (nSPS) is 16.6. The average Bonchev–Trinajstić information content (AvgIpc) is 3.24. The Labute approximate surface area is 181 Å². The molecule has 156 valence electrons. The van der Waals surface area contributed by atoms with Crippen LogP contribution in [0.3, 0.4) is 0 Å². The highest BCUT2D eigenvalue weighted by Gasteiger charge is 2.34. The fourth-order valence-electron chi connectivity index (χ4n) is 4.47. The van der Waals surface area contributed by atoms with Crippen LogP contribution in [0.2, 0.25) is 0 Å². The summed E-state index contributed by atoms with van der Waals surface area (Å²) in [5.41, 5.74) is 6.22. The molecule has 0 fully saturated rings. The van der Waals surface area contributed by atoms with Crippen LogP contribution in [-0.4, -0.2) is 26.8 Å². The molecule has 0 saturated carbocycles. The second-order valence-corrected chi connectivity index (χ2v) is 8.27. The van der Waals surface area contributed by atoms with Gasteiger partial charge >= 0.3 is 0 Å². The lowest BCUT2D eigenvalue weighted by molar-refractivity contribution is -0.941. The molecule has 5 nitrogen and oxygen atoms in total. The van der Waals surface area contributed by atoms with E-state index in [4.69, 9.17) is 0 Å². The summed E-state index contributed by atoms with van der Waals surface area (Å²) in [6, 6.07) is 23.9. The number of aromatic nitrogens is 4. The molecule has 0 saturated heterocycles. The smallest absolute Gasteiger partial charge is 0.214 e.